The van der Waals surface area contributed by atoms with Crippen molar-refractivity contribution in [1.82, 2.24) is 0 Å². The van der Waals surface area contributed by atoms with Crippen LogP contribution in [-0.4, -0.2) is 39.3 Å². The highest BCUT2D eigenvalue weighted by Gasteiger charge is 2.53. The maximum Gasteiger partial charge on any atom is 0.192 e. The van der Waals surface area contributed by atoms with Gasteiger partial charge in [-0.15, -0.1) is 0 Å². The number of ether oxygens (including phenoxy) is 4. The Morgan fingerprint density at radius 1 is 0.612 bits per heavy atom. The van der Waals surface area contributed by atoms with Gasteiger partial charge < -0.3 is 23.4 Å². The average Bonchev–Trinajstić information content (AvgIpc) is 3.09. The van der Waals surface area contributed by atoms with Crippen LogP contribution in [0.4, 0.5) is 0 Å². The highest BCUT2D eigenvalue weighted by molar-refractivity contribution is 6.74. The van der Waals surface area contributed by atoms with Gasteiger partial charge in [0.25, 0.3) is 0 Å². The summed E-state index contributed by atoms with van der Waals surface area (Å²) >= 11 is 0. The van der Waals surface area contributed by atoms with Crippen LogP contribution in [0.3, 0.4) is 0 Å². The molecular formula is C43H56O5Si. The van der Waals surface area contributed by atoms with Crippen molar-refractivity contribution < 1.29 is 23.4 Å². The Bertz CT molecular complexity index is 1500. The molecule has 0 amide bonds. The number of allylic oxidation sites excluding steroid dienone is 1. The molecule has 4 aliphatic carbocycles. The zero-order valence-electron chi connectivity index (χ0n) is 30.2. The van der Waals surface area contributed by atoms with Crippen molar-refractivity contribution in [2.45, 2.75) is 115 Å². The average molecular weight is 681 g/mol. The molecule has 5 nitrogen and oxygen atoms in total. The predicted octanol–water partition coefficient (Wildman–Crippen LogP) is 9.87. The van der Waals surface area contributed by atoms with Crippen molar-refractivity contribution in [2.24, 2.45) is 23.7 Å². The summed E-state index contributed by atoms with van der Waals surface area (Å²) < 4.78 is 35.4. The molecule has 0 aromatic heterocycles. The molecule has 1 saturated heterocycles. The second kappa shape index (κ2) is 14.9. The minimum atomic E-state index is -2.09. The van der Waals surface area contributed by atoms with Crippen molar-refractivity contribution in [3.05, 3.63) is 119 Å². The normalized spacial score (nSPS) is 29.7. The van der Waals surface area contributed by atoms with Gasteiger partial charge in [-0.1, -0.05) is 112 Å². The van der Waals surface area contributed by atoms with E-state index in [1.807, 2.05) is 6.07 Å². The van der Waals surface area contributed by atoms with Gasteiger partial charge in [0.15, 0.2) is 8.32 Å². The lowest BCUT2D eigenvalue weighted by molar-refractivity contribution is -0.221. The Labute approximate surface area is 295 Å². The molecule has 1 heterocycles. The van der Waals surface area contributed by atoms with Crippen molar-refractivity contribution in [2.75, 3.05) is 6.61 Å². The van der Waals surface area contributed by atoms with E-state index < -0.39 is 14.4 Å². The molecule has 49 heavy (non-hydrogen) atoms. The number of hydrogen-bond acceptors (Lipinski definition) is 5. The molecule has 0 N–H and O–H groups in total. The van der Waals surface area contributed by atoms with Gasteiger partial charge in [-0.25, -0.2) is 0 Å². The van der Waals surface area contributed by atoms with Gasteiger partial charge in [-0.3, -0.25) is 0 Å². The maximum absolute atomic E-state index is 7.35. The molecule has 5 fully saturated rings. The Morgan fingerprint density at radius 2 is 1.06 bits per heavy atom. The highest BCUT2D eigenvalue weighted by Crippen LogP contribution is 2.58. The molecular weight excluding hydrogens is 625 g/mol. The van der Waals surface area contributed by atoms with Crippen molar-refractivity contribution in [3.63, 3.8) is 0 Å². The van der Waals surface area contributed by atoms with E-state index in [9.17, 15) is 0 Å². The lowest BCUT2D eigenvalue weighted by Gasteiger charge is -2.54. The smallest absolute Gasteiger partial charge is 0.192 e. The first-order valence-corrected chi connectivity index (χ1v) is 21.6. The molecule has 8 rings (SSSR count). The summed E-state index contributed by atoms with van der Waals surface area (Å²) in [6.07, 6.45) is 5.02. The lowest BCUT2D eigenvalue weighted by atomic mass is 9.53. The van der Waals surface area contributed by atoms with E-state index in [1.54, 1.807) is 0 Å². The topological polar surface area (TPSA) is 46.2 Å². The monoisotopic (exact) mass is 680 g/mol. The molecule has 1 aliphatic heterocycles. The van der Waals surface area contributed by atoms with Crippen molar-refractivity contribution in [1.29, 1.82) is 0 Å². The van der Waals surface area contributed by atoms with Crippen LogP contribution < -0.4 is 0 Å². The number of rotatable bonds is 12. The third kappa shape index (κ3) is 7.94. The predicted molar refractivity (Wildman–Crippen MR) is 197 cm³/mol. The van der Waals surface area contributed by atoms with Crippen LogP contribution in [0.2, 0.25) is 18.1 Å². The molecule has 262 valence electrons. The summed E-state index contributed by atoms with van der Waals surface area (Å²) in [5, 5.41) is 0.0787. The Kier molecular flexibility index (Phi) is 10.5. The zero-order chi connectivity index (χ0) is 34.0. The first-order chi connectivity index (χ1) is 23.6. The van der Waals surface area contributed by atoms with E-state index in [0.29, 0.717) is 38.3 Å². The molecule has 3 aromatic carbocycles. The highest BCUT2D eigenvalue weighted by atomic mass is 28.4. The van der Waals surface area contributed by atoms with E-state index in [4.69, 9.17) is 23.4 Å². The molecule has 5 aliphatic rings. The molecule has 4 atom stereocenters. The minimum Gasteiger partial charge on any atom is -0.487 e. The third-order valence-electron chi connectivity index (χ3n) is 12.1. The van der Waals surface area contributed by atoms with Crippen LogP contribution in [0, 0.1) is 23.7 Å². The van der Waals surface area contributed by atoms with Gasteiger partial charge in [0.2, 0.25) is 0 Å². The summed E-state index contributed by atoms with van der Waals surface area (Å²) in [6.45, 7) is 13.4. The van der Waals surface area contributed by atoms with Crippen molar-refractivity contribution in [3.8, 4) is 0 Å². The van der Waals surface area contributed by atoms with E-state index in [0.717, 1.165) is 34.3 Å². The Hall–Kier alpha value is -2.74. The molecule has 0 unspecified atom stereocenters. The second-order valence-electron chi connectivity index (χ2n) is 16.6. The summed E-state index contributed by atoms with van der Waals surface area (Å²) in [5.74, 6) is 3.85. The van der Waals surface area contributed by atoms with E-state index >= 15 is 0 Å². The summed E-state index contributed by atoms with van der Waals surface area (Å²) in [7, 11) is -2.09. The van der Waals surface area contributed by atoms with Gasteiger partial charge in [0.05, 0.1) is 26.4 Å². The van der Waals surface area contributed by atoms with E-state index in [2.05, 4.69) is 119 Å². The first kappa shape index (κ1) is 34.7. The molecule has 4 saturated carbocycles. The molecule has 0 spiro atoms. The fourth-order valence-corrected chi connectivity index (χ4v) is 9.66. The van der Waals surface area contributed by atoms with Gasteiger partial charge in [0.1, 0.15) is 30.2 Å². The van der Waals surface area contributed by atoms with Gasteiger partial charge in [0, 0.05) is 0 Å². The molecule has 6 heteroatoms. The van der Waals surface area contributed by atoms with E-state index in [-0.39, 0.29) is 23.4 Å². The van der Waals surface area contributed by atoms with Crippen LogP contribution in [0.5, 0.6) is 0 Å². The van der Waals surface area contributed by atoms with Crippen LogP contribution >= 0.6 is 0 Å². The number of hydrogen-bond donors (Lipinski definition) is 0. The second-order valence-corrected chi connectivity index (χ2v) is 21.4. The van der Waals surface area contributed by atoms with Gasteiger partial charge >= 0.3 is 0 Å². The summed E-state index contributed by atoms with van der Waals surface area (Å²) in [4.78, 5) is 0. The quantitative estimate of drug-likeness (QED) is 0.178. The van der Waals surface area contributed by atoms with Gasteiger partial charge in [-0.05, 0) is 96.2 Å². The SMILES string of the molecule is CC(C)(C)[Si](C)(C)OC[C@H]1OC(=C2C3CC4CC(C3)CC2C4)[C@H](OCc2ccccc2)[C@@H](OCc2ccccc2)[C@@H]1OCc1ccccc1. The zero-order valence-corrected chi connectivity index (χ0v) is 31.2. The van der Waals surface area contributed by atoms with Crippen LogP contribution in [0.25, 0.3) is 0 Å². The first-order valence-electron chi connectivity index (χ1n) is 18.7. The summed E-state index contributed by atoms with van der Waals surface area (Å²) in [5.41, 5.74) is 4.91. The Morgan fingerprint density at radius 3 is 1.53 bits per heavy atom. The largest absolute Gasteiger partial charge is 0.487 e. The van der Waals surface area contributed by atoms with Crippen molar-refractivity contribution >= 4 is 8.32 Å². The third-order valence-corrected chi connectivity index (χ3v) is 16.6. The Balaban J connectivity index is 1.29. The van der Waals surface area contributed by atoms with E-state index in [1.165, 1.54) is 37.7 Å². The maximum atomic E-state index is 7.35. The lowest BCUT2D eigenvalue weighted by Crippen LogP contribution is -2.58. The van der Waals surface area contributed by atoms with Gasteiger partial charge in [-0.2, -0.15) is 0 Å². The fraction of sp³-hybridized carbons (Fsp3) is 0.535. The molecule has 0 radical (unpaired) electrons. The molecule has 4 bridgehead atoms. The number of benzene rings is 3. The molecule has 3 aromatic rings. The van der Waals surface area contributed by atoms with Crippen LogP contribution in [-0.2, 0) is 43.2 Å². The fourth-order valence-electron chi connectivity index (χ4n) is 8.64. The van der Waals surface area contributed by atoms with Crippen LogP contribution in [0.1, 0.15) is 69.6 Å². The van der Waals surface area contributed by atoms with Crippen LogP contribution in [0.15, 0.2) is 102 Å². The minimum absolute atomic E-state index is 0.0787. The summed E-state index contributed by atoms with van der Waals surface area (Å²) in [6, 6.07) is 31.4. The standard InChI is InChI=1S/C43H56O5Si/c1-43(2,3)49(4,5)47-29-37-39(44-26-30-15-9-6-10-16-30)41(45-27-31-17-11-7-12-18-31)42(46-28-32-19-13-8-14-20-32)40(48-37)38-35-22-33-21-34(24-35)25-36(38)23-33/h6-20,33-37,39,41-42H,21-29H2,1-5H3/t33?,34?,35?,36?,37-,39-,41+,42+/m1/s1.